The van der Waals surface area contributed by atoms with Crippen LogP contribution < -0.4 is 5.32 Å². The van der Waals surface area contributed by atoms with Gasteiger partial charge in [0.25, 0.3) is 5.91 Å². The molecule has 0 unspecified atom stereocenters. The van der Waals surface area contributed by atoms with Crippen LogP contribution in [0.5, 0.6) is 0 Å². The van der Waals surface area contributed by atoms with E-state index in [9.17, 15) is 9.18 Å². The van der Waals surface area contributed by atoms with Crippen molar-refractivity contribution in [1.82, 2.24) is 19.9 Å². The second-order valence-corrected chi connectivity index (χ2v) is 6.72. The molecule has 0 spiro atoms. The van der Waals surface area contributed by atoms with Gasteiger partial charge in [-0.3, -0.25) is 9.48 Å². The maximum atomic E-state index is 14.3. The van der Waals surface area contributed by atoms with Crippen LogP contribution in [0.1, 0.15) is 21.8 Å². The molecule has 1 amide bonds. The summed E-state index contributed by atoms with van der Waals surface area (Å²) in [5.41, 5.74) is 2.14. The minimum Gasteiger partial charge on any atom is -0.360 e. The van der Waals surface area contributed by atoms with Crippen LogP contribution in [0.25, 0.3) is 22.3 Å². The minimum atomic E-state index is -0.594. The smallest absolute Gasteiger partial charge is 0.261 e. The zero-order valence-electron chi connectivity index (χ0n) is 15.2. The monoisotopic (exact) mass is 399 g/mol. The van der Waals surface area contributed by atoms with Crippen molar-refractivity contribution >= 4 is 34.2 Å². The van der Waals surface area contributed by atoms with Crippen molar-refractivity contribution in [3.8, 4) is 11.3 Å². The summed E-state index contributed by atoms with van der Waals surface area (Å²) in [4.78, 5) is 17.2. The number of halogens is 2. The molecular weight excluding hydrogens is 385 g/mol. The lowest BCUT2D eigenvalue weighted by Gasteiger charge is -2.07. The van der Waals surface area contributed by atoms with Crippen molar-refractivity contribution < 1.29 is 13.7 Å². The SMILES string of the molecule is Cc1onc(-c2c(F)cccc2Cl)c1C(=O)Nc1cnc2c(c1)c(C)nn2C. The molecule has 4 aromatic rings. The van der Waals surface area contributed by atoms with Gasteiger partial charge in [0, 0.05) is 12.4 Å². The van der Waals surface area contributed by atoms with Crippen molar-refractivity contribution in [2.24, 2.45) is 7.05 Å². The van der Waals surface area contributed by atoms with Crippen molar-refractivity contribution in [3.05, 3.63) is 58.3 Å². The maximum absolute atomic E-state index is 14.3. The van der Waals surface area contributed by atoms with Gasteiger partial charge >= 0.3 is 0 Å². The second-order valence-electron chi connectivity index (χ2n) is 6.32. The number of carbonyl (C=O) groups excluding carboxylic acids is 1. The number of hydrogen-bond donors (Lipinski definition) is 1. The highest BCUT2D eigenvalue weighted by molar-refractivity contribution is 6.33. The predicted molar refractivity (Wildman–Crippen MR) is 103 cm³/mol. The Morgan fingerprint density at radius 1 is 1.32 bits per heavy atom. The summed E-state index contributed by atoms with van der Waals surface area (Å²) < 4.78 is 21.1. The van der Waals surface area contributed by atoms with Gasteiger partial charge in [0.1, 0.15) is 22.8 Å². The Bertz CT molecular complexity index is 1210. The molecule has 1 aromatic carbocycles. The molecule has 0 aliphatic rings. The van der Waals surface area contributed by atoms with E-state index in [1.54, 1.807) is 24.7 Å². The van der Waals surface area contributed by atoms with E-state index in [1.165, 1.54) is 24.4 Å². The zero-order chi connectivity index (χ0) is 20.0. The first-order valence-corrected chi connectivity index (χ1v) is 8.76. The number of nitrogens with one attached hydrogen (secondary N) is 1. The summed E-state index contributed by atoms with van der Waals surface area (Å²) >= 11 is 6.12. The van der Waals surface area contributed by atoms with E-state index in [1.807, 2.05) is 6.92 Å². The third kappa shape index (κ3) is 2.91. The molecule has 7 nitrogen and oxygen atoms in total. The number of hydrogen-bond acceptors (Lipinski definition) is 5. The molecule has 0 bridgehead atoms. The van der Waals surface area contributed by atoms with Crippen LogP contribution >= 0.6 is 11.6 Å². The minimum absolute atomic E-state index is 0.0165. The lowest BCUT2D eigenvalue weighted by Crippen LogP contribution is -2.14. The summed E-state index contributed by atoms with van der Waals surface area (Å²) in [6.07, 6.45) is 1.53. The van der Waals surface area contributed by atoms with Crippen LogP contribution in [-0.4, -0.2) is 25.8 Å². The number of aromatic nitrogens is 4. The highest BCUT2D eigenvalue weighted by Crippen LogP contribution is 2.33. The van der Waals surface area contributed by atoms with Gasteiger partial charge in [-0.1, -0.05) is 22.8 Å². The molecule has 9 heteroatoms. The summed E-state index contributed by atoms with van der Waals surface area (Å²) in [7, 11) is 1.80. The van der Waals surface area contributed by atoms with E-state index in [2.05, 4.69) is 20.6 Å². The van der Waals surface area contributed by atoms with Gasteiger partial charge in [0.15, 0.2) is 5.65 Å². The third-order valence-corrected chi connectivity index (χ3v) is 4.73. The van der Waals surface area contributed by atoms with Crippen molar-refractivity contribution in [1.29, 1.82) is 0 Å². The van der Waals surface area contributed by atoms with Gasteiger partial charge in [-0.25, -0.2) is 9.37 Å². The first kappa shape index (κ1) is 18.1. The Hall–Kier alpha value is -3.26. The number of amides is 1. The number of benzene rings is 1. The standard InChI is InChI=1S/C19H15ClFN5O2/c1-9-12-7-11(8-22-18(12)26(3)24-9)23-19(27)15-10(2)28-25-17(15)16-13(20)5-4-6-14(16)21/h4-8H,1-3H3,(H,23,27). The Morgan fingerprint density at radius 3 is 2.86 bits per heavy atom. The number of pyridine rings is 1. The molecule has 3 heterocycles. The summed E-state index contributed by atoms with van der Waals surface area (Å²) in [5.74, 6) is -0.849. The Morgan fingerprint density at radius 2 is 2.11 bits per heavy atom. The fourth-order valence-electron chi connectivity index (χ4n) is 3.10. The van der Waals surface area contributed by atoms with Crippen LogP contribution in [0.2, 0.25) is 5.02 Å². The van der Waals surface area contributed by atoms with Gasteiger partial charge < -0.3 is 9.84 Å². The molecule has 0 aliphatic heterocycles. The third-order valence-electron chi connectivity index (χ3n) is 4.41. The molecular formula is C19H15ClFN5O2. The summed E-state index contributed by atoms with van der Waals surface area (Å²) in [6.45, 7) is 3.44. The van der Waals surface area contributed by atoms with Crippen LogP contribution in [0, 0.1) is 19.7 Å². The Kier molecular flexibility index (Phi) is 4.35. The van der Waals surface area contributed by atoms with E-state index in [0.717, 1.165) is 11.1 Å². The van der Waals surface area contributed by atoms with E-state index >= 15 is 0 Å². The molecule has 3 aromatic heterocycles. The molecule has 28 heavy (non-hydrogen) atoms. The first-order chi connectivity index (χ1) is 13.4. The largest absolute Gasteiger partial charge is 0.360 e. The number of rotatable bonds is 3. The van der Waals surface area contributed by atoms with E-state index in [4.69, 9.17) is 16.1 Å². The normalized spacial score (nSPS) is 11.2. The van der Waals surface area contributed by atoms with E-state index < -0.39 is 11.7 Å². The van der Waals surface area contributed by atoms with Crippen molar-refractivity contribution in [2.45, 2.75) is 13.8 Å². The van der Waals surface area contributed by atoms with Gasteiger partial charge in [-0.15, -0.1) is 0 Å². The van der Waals surface area contributed by atoms with Crippen molar-refractivity contribution in [2.75, 3.05) is 5.32 Å². The van der Waals surface area contributed by atoms with Crippen LogP contribution in [0.3, 0.4) is 0 Å². The number of nitrogens with zero attached hydrogens (tertiary/aromatic N) is 4. The van der Waals surface area contributed by atoms with Gasteiger partial charge in [-0.05, 0) is 32.0 Å². The number of anilines is 1. The van der Waals surface area contributed by atoms with Crippen molar-refractivity contribution in [3.63, 3.8) is 0 Å². The molecule has 0 atom stereocenters. The molecule has 142 valence electrons. The van der Waals surface area contributed by atoms with Gasteiger partial charge in [0.05, 0.1) is 28.2 Å². The Labute approximate surface area is 164 Å². The zero-order valence-corrected chi connectivity index (χ0v) is 16.0. The maximum Gasteiger partial charge on any atom is 0.261 e. The average Bonchev–Trinajstić information content (AvgIpc) is 3.15. The predicted octanol–water partition coefficient (Wildman–Crippen LogP) is 4.28. The molecule has 4 rings (SSSR count). The topological polar surface area (TPSA) is 85.8 Å². The quantitative estimate of drug-likeness (QED) is 0.555. The van der Waals surface area contributed by atoms with Gasteiger partial charge in [-0.2, -0.15) is 5.10 Å². The van der Waals surface area contributed by atoms with Crippen LogP contribution in [0.15, 0.2) is 35.0 Å². The number of carbonyl (C=O) groups is 1. The fourth-order valence-corrected chi connectivity index (χ4v) is 3.36. The van der Waals surface area contributed by atoms with Gasteiger partial charge in [0.2, 0.25) is 0 Å². The fraction of sp³-hybridized carbons (Fsp3) is 0.158. The van der Waals surface area contributed by atoms with Crippen LogP contribution in [0.4, 0.5) is 10.1 Å². The summed E-state index contributed by atoms with van der Waals surface area (Å²) in [5, 5.41) is 11.9. The lowest BCUT2D eigenvalue weighted by atomic mass is 10.0. The lowest BCUT2D eigenvalue weighted by molar-refractivity contribution is 0.102. The molecule has 0 radical (unpaired) electrons. The van der Waals surface area contributed by atoms with Crippen LogP contribution in [-0.2, 0) is 7.05 Å². The summed E-state index contributed by atoms with van der Waals surface area (Å²) in [6, 6.07) is 6.02. The highest BCUT2D eigenvalue weighted by Gasteiger charge is 2.25. The van der Waals surface area contributed by atoms with E-state index in [0.29, 0.717) is 11.3 Å². The molecule has 0 aliphatic carbocycles. The number of aryl methyl sites for hydroxylation is 3. The highest BCUT2D eigenvalue weighted by atomic mass is 35.5. The molecule has 0 saturated heterocycles. The first-order valence-electron chi connectivity index (χ1n) is 8.38. The average molecular weight is 400 g/mol. The molecule has 0 saturated carbocycles. The van der Waals surface area contributed by atoms with E-state index in [-0.39, 0.29) is 27.6 Å². The second kappa shape index (κ2) is 6.72. The molecule has 0 fully saturated rings. The Balaban J connectivity index is 1.74. The number of fused-ring (bicyclic) bond motifs is 1. The molecule has 1 N–H and O–H groups in total.